The first-order valence-corrected chi connectivity index (χ1v) is 10.4. The second kappa shape index (κ2) is 10.2. The van der Waals surface area contributed by atoms with E-state index in [0.717, 1.165) is 24.3 Å². The molecule has 0 aliphatic carbocycles. The van der Waals surface area contributed by atoms with Gasteiger partial charge >= 0.3 is 0 Å². The lowest BCUT2D eigenvalue weighted by Gasteiger charge is -2.36. The third kappa shape index (κ3) is 5.29. The topological polar surface area (TPSA) is 68.3 Å². The molecule has 1 aliphatic rings. The number of hydrogen-bond donors (Lipinski definition) is 0. The zero-order valence-electron chi connectivity index (χ0n) is 18.6. The number of carbonyl (C=O) groups is 2. The van der Waals surface area contributed by atoms with Gasteiger partial charge in [-0.25, -0.2) is 0 Å². The van der Waals surface area contributed by atoms with E-state index in [1.807, 2.05) is 41.3 Å². The number of aryl methyl sites for hydroxylation is 1. The van der Waals surface area contributed by atoms with Crippen molar-refractivity contribution >= 4 is 17.4 Å². The second-order valence-corrected chi connectivity index (χ2v) is 7.50. The Bertz CT molecular complexity index is 893. The van der Waals surface area contributed by atoms with Gasteiger partial charge in [0.25, 0.3) is 0 Å². The van der Waals surface area contributed by atoms with Gasteiger partial charge in [-0.05, 0) is 55.3 Å². The molecule has 0 bridgehead atoms. The summed E-state index contributed by atoms with van der Waals surface area (Å²) < 4.78 is 16.1. The van der Waals surface area contributed by atoms with Gasteiger partial charge < -0.3 is 24.0 Å². The predicted molar refractivity (Wildman–Crippen MR) is 120 cm³/mol. The van der Waals surface area contributed by atoms with Gasteiger partial charge in [0.15, 0.2) is 17.3 Å². The Morgan fingerprint density at radius 2 is 1.45 bits per heavy atom. The molecule has 1 heterocycles. The highest BCUT2D eigenvalue weighted by molar-refractivity contribution is 5.94. The molecule has 0 saturated carbocycles. The van der Waals surface area contributed by atoms with Crippen LogP contribution >= 0.6 is 0 Å². The summed E-state index contributed by atoms with van der Waals surface area (Å²) in [5.41, 5.74) is 2.76. The van der Waals surface area contributed by atoms with E-state index in [1.165, 1.54) is 0 Å². The van der Waals surface area contributed by atoms with E-state index in [-0.39, 0.29) is 11.7 Å². The first-order valence-electron chi connectivity index (χ1n) is 10.4. The predicted octanol–water partition coefficient (Wildman–Crippen LogP) is 3.20. The van der Waals surface area contributed by atoms with E-state index >= 15 is 0 Å². The smallest absolute Gasteiger partial charge is 0.223 e. The standard InChI is InChI=1S/C24H30N2O5/c1-17(27)19-6-8-20(9-7-19)25-11-13-26(14-12-25)23(28)10-5-18-15-21(29-2)24(31-4)22(16-18)30-3/h6-9,15-16H,5,10-14H2,1-4H3. The summed E-state index contributed by atoms with van der Waals surface area (Å²) >= 11 is 0. The maximum absolute atomic E-state index is 12.7. The van der Waals surface area contributed by atoms with E-state index in [1.54, 1.807) is 28.3 Å². The van der Waals surface area contributed by atoms with Crippen LogP contribution < -0.4 is 19.1 Å². The quantitative estimate of drug-likeness (QED) is 0.604. The zero-order valence-corrected chi connectivity index (χ0v) is 18.6. The molecular formula is C24H30N2O5. The lowest BCUT2D eigenvalue weighted by atomic mass is 10.1. The van der Waals surface area contributed by atoms with E-state index in [0.29, 0.717) is 48.7 Å². The van der Waals surface area contributed by atoms with Crippen LogP contribution in [-0.2, 0) is 11.2 Å². The lowest BCUT2D eigenvalue weighted by Crippen LogP contribution is -2.48. The van der Waals surface area contributed by atoms with Crippen molar-refractivity contribution < 1.29 is 23.8 Å². The van der Waals surface area contributed by atoms with Gasteiger partial charge in [-0.1, -0.05) is 0 Å². The Morgan fingerprint density at radius 3 is 1.94 bits per heavy atom. The van der Waals surface area contributed by atoms with E-state index in [4.69, 9.17) is 14.2 Å². The molecule has 0 spiro atoms. The van der Waals surface area contributed by atoms with Crippen LogP contribution in [0.25, 0.3) is 0 Å². The summed E-state index contributed by atoms with van der Waals surface area (Å²) in [6.45, 7) is 4.48. The highest BCUT2D eigenvalue weighted by atomic mass is 16.5. The van der Waals surface area contributed by atoms with Crippen molar-refractivity contribution in [3.63, 3.8) is 0 Å². The number of anilines is 1. The number of ether oxygens (including phenoxy) is 3. The van der Waals surface area contributed by atoms with Gasteiger partial charge in [-0.2, -0.15) is 0 Å². The number of ketones is 1. The van der Waals surface area contributed by atoms with Crippen LogP contribution in [0.4, 0.5) is 5.69 Å². The molecule has 31 heavy (non-hydrogen) atoms. The minimum atomic E-state index is 0.0639. The monoisotopic (exact) mass is 426 g/mol. The first-order chi connectivity index (χ1) is 15.0. The van der Waals surface area contributed by atoms with Crippen molar-refractivity contribution in [2.24, 2.45) is 0 Å². The van der Waals surface area contributed by atoms with Gasteiger partial charge in [0, 0.05) is 43.9 Å². The highest BCUT2D eigenvalue weighted by Crippen LogP contribution is 2.38. The molecule has 7 heteroatoms. The molecular weight excluding hydrogens is 396 g/mol. The number of benzene rings is 2. The number of rotatable bonds is 8. The van der Waals surface area contributed by atoms with Gasteiger partial charge in [-0.15, -0.1) is 0 Å². The number of amides is 1. The van der Waals surface area contributed by atoms with Crippen LogP contribution in [0.2, 0.25) is 0 Å². The summed E-state index contributed by atoms with van der Waals surface area (Å²) in [4.78, 5) is 28.3. The summed E-state index contributed by atoms with van der Waals surface area (Å²) in [6, 6.07) is 11.4. The molecule has 166 valence electrons. The van der Waals surface area contributed by atoms with Crippen molar-refractivity contribution in [3.05, 3.63) is 47.5 Å². The summed E-state index contributed by atoms with van der Waals surface area (Å²) in [7, 11) is 4.74. The number of Topliss-reactive ketones (excluding diaryl/α,β-unsaturated/α-hetero) is 1. The zero-order chi connectivity index (χ0) is 22.4. The molecule has 1 fully saturated rings. The number of methoxy groups -OCH3 is 3. The first kappa shape index (κ1) is 22.5. The maximum Gasteiger partial charge on any atom is 0.223 e. The van der Waals surface area contributed by atoms with Crippen LogP contribution in [-0.4, -0.2) is 64.1 Å². The van der Waals surface area contributed by atoms with E-state index in [9.17, 15) is 9.59 Å². The fourth-order valence-corrected chi connectivity index (χ4v) is 3.81. The van der Waals surface area contributed by atoms with Crippen molar-refractivity contribution in [3.8, 4) is 17.2 Å². The minimum Gasteiger partial charge on any atom is -0.493 e. The van der Waals surface area contributed by atoms with E-state index in [2.05, 4.69) is 4.90 Å². The molecule has 1 amide bonds. The fourth-order valence-electron chi connectivity index (χ4n) is 3.81. The molecule has 0 N–H and O–H groups in total. The van der Waals surface area contributed by atoms with Crippen LogP contribution in [0, 0.1) is 0 Å². The molecule has 0 aromatic heterocycles. The highest BCUT2D eigenvalue weighted by Gasteiger charge is 2.22. The average Bonchev–Trinajstić information content (AvgIpc) is 2.81. The van der Waals surface area contributed by atoms with Gasteiger partial charge in [0.05, 0.1) is 21.3 Å². The molecule has 0 unspecified atom stereocenters. The fraction of sp³-hybridized carbons (Fsp3) is 0.417. The second-order valence-electron chi connectivity index (χ2n) is 7.50. The minimum absolute atomic E-state index is 0.0639. The average molecular weight is 427 g/mol. The van der Waals surface area contributed by atoms with Crippen LogP contribution in [0.1, 0.15) is 29.3 Å². The van der Waals surface area contributed by atoms with Crippen LogP contribution in [0.3, 0.4) is 0 Å². The van der Waals surface area contributed by atoms with Crippen molar-refractivity contribution in [1.82, 2.24) is 4.90 Å². The molecule has 2 aromatic rings. The SMILES string of the molecule is COc1cc(CCC(=O)N2CCN(c3ccc(C(C)=O)cc3)CC2)cc(OC)c1OC. The third-order valence-corrected chi connectivity index (χ3v) is 5.62. The number of carbonyl (C=O) groups excluding carboxylic acids is 2. The largest absolute Gasteiger partial charge is 0.493 e. The van der Waals surface area contributed by atoms with Gasteiger partial charge in [-0.3, -0.25) is 9.59 Å². The van der Waals surface area contributed by atoms with Gasteiger partial charge in [0.1, 0.15) is 0 Å². The molecule has 3 rings (SSSR count). The number of hydrogen-bond acceptors (Lipinski definition) is 6. The number of piperazine rings is 1. The lowest BCUT2D eigenvalue weighted by molar-refractivity contribution is -0.131. The van der Waals surface area contributed by atoms with Gasteiger partial charge in [0.2, 0.25) is 11.7 Å². The van der Waals surface area contributed by atoms with Crippen LogP contribution in [0.15, 0.2) is 36.4 Å². The summed E-state index contributed by atoms with van der Waals surface area (Å²) in [5, 5.41) is 0. The van der Waals surface area contributed by atoms with Crippen molar-refractivity contribution in [2.45, 2.75) is 19.8 Å². The Kier molecular flexibility index (Phi) is 7.39. The summed E-state index contributed by atoms with van der Waals surface area (Å²) in [5.74, 6) is 1.93. The molecule has 0 atom stereocenters. The Morgan fingerprint density at radius 1 is 0.871 bits per heavy atom. The van der Waals surface area contributed by atoms with Crippen molar-refractivity contribution in [2.75, 3.05) is 52.4 Å². The normalized spacial score (nSPS) is 13.7. The summed E-state index contributed by atoms with van der Waals surface area (Å²) in [6.07, 6.45) is 1.02. The third-order valence-electron chi connectivity index (χ3n) is 5.62. The Balaban J connectivity index is 1.55. The molecule has 1 aliphatic heterocycles. The number of nitrogens with zero attached hydrogens (tertiary/aromatic N) is 2. The maximum atomic E-state index is 12.7. The molecule has 7 nitrogen and oxygen atoms in total. The molecule has 1 saturated heterocycles. The molecule has 2 aromatic carbocycles. The van der Waals surface area contributed by atoms with Crippen LogP contribution in [0.5, 0.6) is 17.2 Å². The van der Waals surface area contributed by atoms with E-state index < -0.39 is 0 Å². The Labute approximate surface area is 183 Å². The Hall–Kier alpha value is -3.22. The molecule has 0 radical (unpaired) electrons. The van der Waals surface area contributed by atoms with Crippen molar-refractivity contribution in [1.29, 1.82) is 0 Å².